The quantitative estimate of drug-likeness (QED) is 0.725. The van der Waals surface area contributed by atoms with Gasteiger partial charge in [-0.05, 0) is 51.4 Å². The van der Waals surface area contributed by atoms with Crippen molar-refractivity contribution < 1.29 is 9.84 Å². The van der Waals surface area contributed by atoms with Crippen molar-refractivity contribution in [1.82, 2.24) is 0 Å². The maximum Gasteiger partial charge on any atom is 0.0648 e. The van der Waals surface area contributed by atoms with Crippen molar-refractivity contribution >= 4 is 0 Å². The third-order valence-corrected chi connectivity index (χ3v) is 3.45. The molecular weight excluding hydrogens is 164 g/mol. The fourth-order valence-corrected chi connectivity index (χ4v) is 2.23. The fourth-order valence-electron chi connectivity index (χ4n) is 2.23. The van der Waals surface area contributed by atoms with Crippen LogP contribution in [0.25, 0.3) is 0 Å². The zero-order valence-corrected chi connectivity index (χ0v) is 8.46. The summed E-state index contributed by atoms with van der Waals surface area (Å²) < 4.78 is 5.54. The molecule has 1 heterocycles. The number of ether oxygens (including phenoxy) is 1. The van der Waals surface area contributed by atoms with E-state index in [2.05, 4.69) is 0 Å². The van der Waals surface area contributed by atoms with Crippen LogP contribution in [-0.4, -0.2) is 23.4 Å². The van der Waals surface area contributed by atoms with E-state index in [0.29, 0.717) is 12.0 Å². The lowest BCUT2D eigenvalue weighted by atomic mass is 9.92. The standard InChI is InChI=1S/C11H20O2/c1-11(12,9-4-5-9)7-6-10-3-2-8-13-10/h9-10,12H,2-8H2,1H3. The van der Waals surface area contributed by atoms with Crippen molar-refractivity contribution in [2.45, 2.75) is 57.2 Å². The molecule has 1 saturated heterocycles. The Morgan fingerprint density at radius 1 is 1.38 bits per heavy atom. The number of rotatable bonds is 4. The summed E-state index contributed by atoms with van der Waals surface area (Å²) in [5.74, 6) is 0.578. The van der Waals surface area contributed by atoms with Crippen LogP contribution in [0.4, 0.5) is 0 Å². The van der Waals surface area contributed by atoms with Gasteiger partial charge in [0.15, 0.2) is 0 Å². The molecule has 2 nitrogen and oxygen atoms in total. The van der Waals surface area contributed by atoms with Crippen LogP contribution in [0.2, 0.25) is 0 Å². The molecule has 76 valence electrons. The van der Waals surface area contributed by atoms with Crippen LogP contribution in [0, 0.1) is 5.92 Å². The molecule has 13 heavy (non-hydrogen) atoms. The molecule has 1 aliphatic carbocycles. The van der Waals surface area contributed by atoms with Gasteiger partial charge in [-0.15, -0.1) is 0 Å². The molecule has 1 saturated carbocycles. The van der Waals surface area contributed by atoms with Gasteiger partial charge in [-0.1, -0.05) is 0 Å². The second-order valence-electron chi connectivity index (χ2n) is 4.81. The first kappa shape index (κ1) is 9.47. The van der Waals surface area contributed by atoms with E-state index in [9.17, 15) is 5.11 Å². The Balaban J connectivity index is 1.70. The Morgan fingerprint density at radius 2 is 2.15 bits per heavy atom. The van der Waals surface area contributed by atoms with E-state index in [4.69, 9.17) is 4.74 Å². The van der Waals surface area contributed by atoms with Crippen molar-refractivity contribution in [2.24, 2.45) is 5.92 Å². The number of hydrogen-bond acceptors (Lipinski definition) is 2. The first-order valence-corrected chi connectivity index (χ1v) is 5.52. The molecule has 0 aromatic rings. The SMILES string of the molecule is CC(O)(CCC1CCCO1)C1CC1. The maximum absolute atomic E-state index is 10.1. The minimum absolute atomic E-state index is 0.411. The minimum Gasteiger partial charge on any atom is -0.390 e. The van der Waals surface area contributed by atoms with Crippen LogP contribution < -0.4 is 0 Å². The second-order valence-corrected chi connectivity index (χ2v) is 4.81. The van der Waals surface area contributed by atoms with Crippen LogP contribution in [-0.2, 0) is 4.74 Å². The second kappa shape index (κ2) is 3.58. The summed E-state index contributed by atoms with van der Waals surface area (Å²) in [6.45, 7) is 2.91. The van der Waals surface area contributed by atoms with Crippen molar-refractivity contribution in [3.8, 4) is 0 Å². The molecule has 2 unspecified atom stereocenters. The molecule has 0 bridgehead atoms. The average Bonchev–Trinajstić information content (AvgIpc) is 2.82. The highest BCUT2D eigenvalue weighted by Crippen LogP contribution is 2.42. The van der Waals surface area contributed by atoms with Crippen molar-refractivity contribution in [3.63, 3.8) is 0 Å². The van der Waals surface area contributed by atoms with E-state index in [-0.39, 0.29) is 0 Å². The van der Waals surface area contributed by atoms with Crippen LogP contribution >= 0.6 is 0 Å². The molecular formula is C11H20O2. The third kappa shape index (κ3) is 2.44. The lowest BCUT2D eigenvalue weighted by Crippen LogP contribution is -2.28. The molecule has 2 aliphatic rings. The van der Waals surface area contributed by atoms with Gasteiger partial charge < -0.3 is 9.84 Å². The molecule has 2 heteroatoms. The van der Waals surface area contributed by atoms with Crippen molar-refractivity contribution in [2.75, 3.05) is 6.61 Å². The molecule has 2 rings (SSSR count). The Morgan fingerprint density at radius 3 is 2.69 bits per heavy atom. The third-order valence-electron chi connectivity index (χ3n) is 3.45. The van der Waals surface area contributed by atoms with E-state index < -0.39 is 5.60 Å². The minimum atomic E-state index is -0.411. The van der Waals surface area contributed by atoms with Crippen LogP contribution in [0.5, 0.6) is 0 Å². The Bertz CT molecular complexity index is 167. The molecule has 1 aliphatic heterocycles. The van der Waals surface area contributed by atoms with Crippen molar-refractivity contribution in [3.05, 3.63) is 0 Å². The lowest BCUT2D eigenvalue weighted by molar-refractivity contribution is 0.00772. The summed E-state index contributed by atoms with van der Waals surface area (Å²) in [5.41, 5.74) is -0.411. The van der Waals surface area contributed by atoms with Gasteiger partial charge in [-0.25, -0.2) is 0 Å². The highest BCUT2D eigenvalue weighted by Gasteiger charge is 2.39. The predicted octanol–water partition coefficient (Wildman–Crippen LogP) is 2.11. The summed E-state index contributed by atoms with van der Waals surface area (Å²) in [4.78, 5) is 0. The average molecular weight is 184 g/mol. The van der Waals surface area contributed by atoms with E-state index in [1.54, 1.807) is 0 Å². The first-order chi connectivity index (χ1) is 6.18. The van der Waals surface area contributed by atoms with E-state index >= 15 is 0 Å². The van der Waals surface area contributed by atoms with Gasteiger partial charge in [0.05, 0.1) is 11.7 Å². The van der Waals surface area contributed by atoms with Gasteiger partial charge in [0.25, 0.3) is 0 Å². The number of aliphatic hydroxyl groups is 1. The lowest BCUT2D eigenvalue weighted by Gasteiger charge is -2.24. The maximum atomic E-state index is 10.1. The Labute approximate surface area is 80.3 Å². The zero-order valence-electron chi connectivity index (χ0n) is 8.46. The highest BCUT2D eigenvalue weighted by molar-refractivity contribution is 4.91. The zero-order chi connectivity index (χ0) is 9.31. The molecule has 0 aromatic heterocycles. The van der Waals surface area contributed by atoms with Gasteiger partial charge in [0.1, 0.15) is 0 Å². The van der Waals surface area contributed by atoms with Gasteiger partial charge in [0, 0.05) is 6.61 Å². The molecule has 1 N–H and O–H groups in total. The summed E-state index contributed by atoms with van der Waals surface area (Å²) in [6.07, 6.45) is 7.24. The molecule has 0 amide bonds. The first-order valence-electron chi connectivity index (χ1n) is 5.52. The number of hydrogen-bond donors (Lipinski definition) is 1. The van der Waals surface area contributed by atoms with Gasteiger partial charge in [-0.2, -0.15) is 0 Å². The highest BCUT2D eigenvalue weighted by atomic mass is 16.5. The predicted molar refractivity (Wildman–Crippen MR) is 51.6 cm³/mol. The normalized spacial score (nSPS) is 33.2. The molecule has 0 radical (unpaired) electrons. The monoisotopic (exact) mass is 184 g/mol. The topological polar surface area (TPSA) is 29.5 Å². The van der Waals surface area contributed by atoms with Crippen LogP contribution in [0.1, 0.15) is 45.4 Å². The van der Waals surface area contributed by atoms with Crippen molar-refractivity contribution in [1.29, 1.82) is 0 Å². The molecule has 0 aromatic carbocycles. The smallest absolute Gasteiger partial charge is 0.0648 e. The molecule has 2 fully saturated rings. The fraction of sp³-hybridized carbons (Fsp3) is 1.00. The van der Waals surface area contributed by atoms with E-state index in [0.717, 1.165) is 19.4 Å². The summed E-state index contributed by atoms with van der Waals surface area (Å²) in [7, 11) is 0. The van der Waals surface area contributed by atoms with Crippen LogP contribution in [0.3, 0.4) is 0 Å². The van der Waals surface area contributed by atoms with E-state index in [1.807, 2.05) is 6.92 Å². The Hall–Kier alpha value is -0.0800. The van der Waals surface area contributed by atoms with Gasteiger partial charge in [-0.3, -0.25) is 0 Å². The Kier molecular flexibility index (Phi) is 2.61. The van der Waals surface area contributed by atoms with Gasteiger partial charge in [0.2, 0.25) is 0 Å². The van der Waals surface area contributed by atoms with E-state index in [1.165, 1.54) is 25.7 Å². The largest absolute Gasteiger partial charge is 0.390 e. The van der Waals surface area contributed by atoms with Gasteiger partial charge >= 0.3 is 0 Å². The molecule has 2 atom stereocenters. The summed E-state index contributed by atoms with van der Waals surface area (Å²) in [6, 6.07) is 0. The summed E-state index contributed by atoms with van der Waals surface area (Å²) >= 11 is 0. The van der Waals surface area contributed by atoms with Crippen LogP contribution in [0.15, 0.2) is 0 Å². The molecule has 0 spiro atoms. The summed E-state index contributed by atoms with van der Waals surface area (Å²) in [5, 5.41) is 10.1.